The normalized spacial score (nSPS) is 17.7. The number of fused-ring (bicyclic) bond motifs is 1. The van der Waals surface area contributed by atoms with Crippen molar-refractivity contribution in [3.63, 3.8) is 0 Å². The van der Waals surface area contributed by atoms with Gasteiger partial charge in [-0.1, -0.05) is 0 Å². The van der Waals surface area contributed by atoms with Gasteiger partial charge in [0.1, 0.15) is 11.6 Å². The Labute approximate surface area is 125 Å². The molecule has 0 saturated heterocycles. The fourth-order valence-electron chi connectivity index (χ4n) is 2.89. The van der Waals surface area contributed by atoms with Crippen LogP contribution in [-0.4, -0.2) is 15.4 Å². The van der Waals surface area contributed by atoms with Gasteiger partial charge in [-0.3, -0.25) is 0 Å². The molecule has 0 unspecified atom stereocenters. The van der Waals surface area contributed by atoms with E-state index >= 15 is 0 Å². The van der Waals surface area contributed by atoms with Crippen molar-refractivity contribution in [2.24, 2.45) is 0 Å². The van der Waals surface area contributed by atoms with E-state index in [4.69, 9.17) is 11.6 Å². The Bertz CT molecular complexity index is 634. The summed E-state index contributed by atoms with van der Waals surface area (Å²) in [5, 5.41) is 0. The predicted octanol–water partition coefficient (Wildman–Crippen LogP) is 4.62. The molecule has 1 heterocycles. The van der Waals surface area contributed by atoms with Crippen molar-refractivity contribution in [1.82, 2.24) is 9.55 Å². The average Bonchev–Trinajstić information content (AvgIpc) is 2.65. The van der Waals surface area contributed by atoms with Crippen LogP contribution >= 0.6 is 27.5 Å². The van der Waals surface area contributed by atoms with Crippen molar-refractivity contribution < 1.29 is 4.39 Å². The first-order valence-electron chi connectivity index (χ1n) is 6.48. The number of benzene rings is 1. The first-order valence-corrected chi connectivity index (χ1v) is 7.81. The van der Waals surface area contributed by atoms with Crippen molar-refractivity contribution in [2.75, 3.05) is 5.88 Å². The van der Waals surface area contributed by atoms with Crippen LogP contribution in [0.15, 0.2) is 16.6 Å². The van der Waals surface area contributed by atoms with E-state index in [1.807, 2.05) is 0 Å². The fourth-order valence-corrected chi connectivity index (χ4v) is 3.39. The van der Waals surface area contributed by atoms with E-state index in [-0.39, 0.29) is 11.4 Å². The maximum absolute atomic E-state index is 13.8. The highest BCUT2D eigenvalue weighted by Crippen LogP contribution is 2.42. The summed E-state index contributed by atoms with van der Waals surface area (Å²) in [5.41, 5.74) is 1.78. The molecule has 0 aliphatic heterocycles. The Balaban J connectivity index is 2.25. The van der Waals surface area contributed by atoms with Gasteiger partial charge in [0.05, 0.1) is 15.5 Å². The number of rotatable bonds is 3. The highest BCUT2D eigenvalue weighted by molar-refractivity contribution is 9.10. The minimum Gasteiger partial charge on any atom is -0.322 e. The van der Waals surface area contributed by atoms with Crippen LogP contribution in [0.3, 0.4) is 0 Å². The third-order valence-electron chi connectivity index (χ3n) is 4.05. The fraction of sp³-hybridized carbons (Fsp3) is 0.500. The summed E-state index contributed by atoms with van der Waals surface area (Å²) in [4.78, 5) is 4.63. The molecule has 1 saturated carbocycles. The summed E-state index contributed by atoms with van der Waals surface area (Å²) in [6.07, 6.45) is 4.16. The van der Waals surface area contributed by atoms with Gasteiger partial charge in [-0.05, 0) is 48.2 Å². The van der Waals surface area contributed by atoms with Crippen LogP contribution in [0.25, 0.3) is 11.0 Å². The molecule has 0 bridgehead atoms. The number of aryl methyl sites for hydroxylation is 1. The molecule has 2 aromatic rings. The summed E-state index contributed by atoms with van der Waals surface area (Å²) in [6.45, 7) is 2.22. The van der Waals surface area contributed by atoms with E-state index in [0.29, 0.717) is 16.8 Å². The standard InChI is InChI=1S/C14H15BrClFN2/c1-14(4-2-5-14)19-12-8-10(17)9(15)7-11(12)18-13(19)3-6-16/h7-8H,2-6H2,1H3. The Morgan fingerprint density at radius 2 is 2.21 bits per heavy atom. The first-order chi connectivity index (χ1) is 9.05. The van der Waals surface area contributed by atoms with Gasteiger partial charge in [-0.25, -0.2) is 9.37 Å². The van der Waals surface area contributed by atoms with Crippen LogP contribution in [0.4, 0.5) is 4.39 Å². The van der Waals surface area contributed by atoms with Gasteiger partial charge >= 0.3 is 0 Å². The number of nitrogens with zero attached hydrogens (tertiary/aromatic N) is 2. The number of alkyl halides is 1. The second-order valence-electron chi connectivity index (χ2n) is 5.41. The molecule has 2 nitrogen and oxygen atoms in total. The second-order valence-corrected chi connectivity index (χ2v) is 6.64. The molecule has 0 atom stereocenters. The largest absolute Gasteiger partial charge is 0.322 e. The third kappa shape index (κ3) is 2.09. The Morgan fingerprint density at radius 1 is 1.47 bits per heavy atom. The molecule has 19 heavy (non-hydrogen) atoms. The molecule has 0 spiro atoms. The smallest absolute Gasteiger partial charge is 0.139 e. The minimum absolute atomic E-state index is 0.0659. The van der Waals surface area contributed by atoms with E-state index in [9.17, 15) is 4.39 Å². The lowest BCUT2D eigenvalue weighted by Gasteiger charge is -2.41. The molecule has 102 valence electrons. The van der Waals surface area contributed by atoms with Crippen molar-refractivity contribution >= 4 is 38.6 Å². The summed E-state index contributed by atoms with van der Waals surface area (Å²) < 4.78 is 16.5. The third-order valence-corrected chi connectivity index (χ3v) is 4.85. The Hall–Kier alpha value is -0.610. The maximum Gasteiger partial charge on any atom is 0.139 e. The van der Waals surface area contributed by atoms with Gasteiger partial charge < -0.3 is 4.57 Å². The van der Waals surface area contributed by atoms with Crippen LogP contribution in [0.2, 0.25) is 0 Å². The van der Waals surface area contributed by atoms with Crippen molar-refractivity contribution in [3.8, 4) is 0 Å². The maximum atomic E-state index is 13.8. The van der Waals surface area contributed by atoms with E-state index in [0.717, 1.165) is 29.7 Å². The molecule has 3 rings (SSSR count). The number of hydrogen-bond acceptors (Lipinski definition) is 1. The summed E-state index contributed by atoms with van der Waals surface area (Å²) >= 11 is 9.09. The zero-order valence-electron chi connectivity index (χ0n) is 10.7. The second kappa shape index (κ2) is 4.74. The van der Waals surface area contributed by atoms with Gasteiger partial charge in [-0.15, -0.1) is 11.6 Å². The number of halogens is 3. The average molecular weight is 346 g/mol. The first kappa shape index (κ1) is 13.4. The quantitative estimate of drug-likeness (QED) is 0.742. The molecule has 0 amide bonds. The minimum atomic E-state index is -0.242. The summed E-state index contributed by atoms with van der Waals surface area (Å²) in [5.74, 6) is 1.25. The van der Waals surface area contributed by atoms with E-state index in [1.54, 1.807) is 12.1 Å². The van der Waals surface area contributed by atoms with Crippen molar-refractivity contribution in [3.05, 3.63) is 28.2 Å². The molecular weight excluding hydrogens is 331 g/mol. The lowest BCUT2D eigenvalue weighted by Crippen LogP contribution is -2.38. The van der Waals surface area contributed by atoms with Crippen molar-refractivity contribution in [2.45, 2.75) is 38.1 Å². The molecule has 1 aromatic carbocycles. The molecule has 1 aliphatic rings. The van der Waals surface area contributed by atoms with Gasteiger partial charge in [0.25, 0.3) is 0 Å². The zero-order valence-corrected chi connectivity index (χ0v) is 13.1. The monoisotopic (exact) mass is 344 g/mol. The molecule has 1 fully saturated rings. The predicted molar refractivity (Wildman–Crippen MR) is 79.3 cm³/mol. The zero-order chi connectivity index (χ0) is 13.6. The van der Waals surface area contributed by atoms with Crippen LogP contribution in [0, 0.1) is 5.82 Å². The summed E-state index contributed by atoms with van der Waals surface area (Å²) in [6, 6.07) is 3.33. The van der Waals surface area contributed by atoms with E-state index in [2.05, 4.69) is 32.4 Å². The van der Waals surface area contributed by atoms with Crippen LogP contribution < -0.4 is 0 Å². The summed E-state index contributed by atoms with van der Waals surface area (Å²) in [7, 11) is 0. The van der Waals surface area contributed by atoms with Crippen molar-refractivity contribution in [1.29, 1.82) is 0 Å². The van der Waals surface area contributed by atoms with Crippen LogP contribution in [-0.2, 0) is 12.0 Å². The molecule has 0 radical (unpaired) electrons. The van der Waals surface area contributed by atoms with Gasteiger partial charge in [0.2, 0.25) is 0 Å². The molecular formula is C14H15BrClFN2. The lowest BCUT2D eigenvalue weighted by molar-refractivity contribution is 0.170. The topological polar surface area (TPSA) is 17.8 Å². The van der Waals surface area contributed by atoms with Crippen LogP contribution in [0.1, 0.15) is 32.0 Å². The van der Waals surface area contributed by atoms with Gasteiger partial charge in [-0.2, -0.15) is 0 Å². The number of aromatic nitrogens is 2. The Kier molecular flexibility index (Phi) is 3.34. The van der Waals surface area contributed by atoms with Gasteiger partial charge in [0.15, 0.2) is 0 Å². The molecule has 1 aromatic heterocycles. The molecule has 0 N–H and O–H groups in total. The van der Waals surface area contributed by atoms with E-state index in [1.165, 1.54) is 6.42 Å². The number of imidazole rings is 1. The van der Waals surface area contributed by atoms with Gasteiger partial charge in [0, 0.05) is 23.9 Å². The highest BCUT2D eigenvalue weighted by Gasteiger charge is 2.36. The lowest BCUT2D eigenvalue weighted by atomic mass is 9.78. The van der Waals surface area contributed by atoms with Crippen LogP contribution in [0.5, 0.6) is 0 Å². The highest BCUT2D eigenvalue weighted by atomic mass is 79.9. The number of hydrogen-bond donors (Lipinski definition) is 0. The van der Waals surface area contributed by atoms with E-state index < -0.39 is 0 Å². The Morgan fingerprint density at radius 3 is 2.79 bits per heavy atom. The SMILES string of the molecule is CC1(n2c(CCCl)nc3cc(Br)c(F)cc32)CCC1. The molecule has 1 aliphatic carbocycles. The molecule has 5 heteroatoms.